The van der Waals surface area contributed by atoms with Gasteiger partial charge in [0.25, 0.3) is 0 Å². The van der Waals surface area contributed by atoms with E-state index in [1.54, 1.807) is 6.92 Å². The van der Waals surface area contributed by atoms with E-state index in [2.05, 4.69) is 13.8 Å². The van der Waals surface area contributed by atoms with Crippen LogP contribution in [-0.2, 0) is 9.05 Å². The van der Waals surface area contributed by atoms with Gasteiger partial charge in [0.15, 0.2) is 0 Å². The molecule has 0 amide bonds. The summed E-state index contributed by atoms with van der Waals surface area (Å²) in [4.78, 5) is 0. The monoisotopic (exact) mass is 252 g/mol. The summed E-state index contributed by atoms with van der Waals surface area (Å²) in [7, 11) is 1.72. The Bertz CT molecular complexity index is 385. The highest BCUT2D eigenvalue weighted by Gasteiger charge is 2.65. The molecule has 2 fully saturated rings. The van der Waals surface area contributed by atoms with E-state index >= 15 is 0 Å². The predicted octanol–water partition coefficient (Wildman–Crippen LogP) is 1.74. The summed E-state index contributed by atoms with van der Waals surface area (Å²) in [5, 5.41) is 9.33. The van der Waals surface area contributed by atoms with Crippen molar-refractivity contribution >= 4 is 19.7 Å². The Morgan fingerprint density at radius 1 is 1.27 bits per heavy atom. The van der Waals surface area contributed by atoms with E-state index in [0.717, 1.165) is 0 Å². The molecule has 2 rings (SSSR count). The first kappa shape index (κ1) is 11.7. The lowest BCUT2D eigenvalue weighted by Crippen LogP contribution is -2.46. The zero-order valence-electron chi connectivity index (χ0n) is 9.20. The van der Waals surface area contributed by atoms with Crippen LogP contribution in [0.25, 0.3) is 0 Å². The predicted molar refractivity (Wildman–Crippen MR) is 59.2 cm³/mol. The Kier molecular flexibility index (Phi) is 2.26. The van der Waals surface area contributed by atoms with Crippen LogP contribution in [0.15, 0.2) is 0 Å². The average molecular weight is 253 g/mol. The van der Waals surface area contributed by atoms with Gasteiger partial charge in [0, 0.05) is 10.7 Å². The van der Waals surface area contributed by atoms with E-state index in [9.17, 15) is 13.5 Å². The van der Waals surface area contributed by atoms with Crippen LogP contribution in [0.4, 0.5) is 0 Å². The number of fused-ring (bicyclic) bond motifs is 1. The summed E-state index contributed by atoms with van der Waals surface area (Å²) in [6, 6.07) is 0. The fourth-order valence-corrected chi connectivity index (χ4v) is 5.14. The smallest absolute Gasteiger partial charge is 0.238 e. The van der Waals surface area contributed by atoms with Crippen LogP contribution >= 0.6 is 10.7 Å². The van der Waals surface area contributed by atoms with Crippen molar-refractivity contribution in [3.63, 3.8) is 0 Å². The van der Waals surface area contributed by atoms with Crippen LogP contribution in [0.5, 0.6) is 0 Å². The molecule has 2 aliphatic rings. The average Bonchev–Trinajstić information content (AvgIpc) is 2.47. The molecule has 0 spiro atoms. The van der Waals surface area contributed by atoms with Crippen molar-refractivity contribution in [2.24, 2.45) is 17.3 Å². The molecule has 0 aromatic carbocycles. The Hall–Kier alpha value is 0.200. The molecular formula is C10H17ClO3S. The minimum absolute atomic E-state index is 0.167. The van der Waals surface area contributed by atoms with Gasteiger partial charge in [-0.05, 0) is 37.0 Å². The molecule has 0 heterocycles. The molecule has 0 aromatic rings. The minimum atomic E-state index is -3.67. The standard InChI is InChI=1S/C10H17ClO3S/c1-9(2)6-4-8(15(11,13)14)10(3,12)5-7(6)9/h6-8,12H,4-5H2,1-3H3/t6-,7+,8-,10-/m1/s1. The normalized spacial score (nSPS) is 48.5. The number of hydrogen-bond donors (Lipinski definition) is 1. The Morgan fingerprint density at radius 3 is 2.27 bits per heavy atom. The van der Waals surface area contributed by atoms with Crippen LogP contribution in [0.2, 0.25) is 0 Å². The van der Waals surface area contributed by atoms with Crippen molar-refractivity contribution in [1.29, 1.82) is 0 Å². The molecule has 2 saturated carbocycles. The molecule has 4 atom stereocenters. The third kappa shape index (κ3) is 1.71. The van der Waals surface area contributed by atoms with Crippen LogP contribution in [0.3, 0.4) is 0 Å². The molecule has 0 aliphatic heterocycles. The van der Waals surface area contributed by atoms with Gasteiger partial charge in [-0.25, -0.2) is 8.42 Å². The van der Waals surface area contributed by atoms with Crippen molar-refractivity contribution in [3.8, 4) is 0 Å². The lowest BCUT2D eigenvalue weighted by atomic mass is 9.86. The molecule has 0 aromatic heterocycles. The summed E-state index contributed by atoms with van der Waals surface area (Å²) in [5.74, 6) is 0.846. The highest BCUT2D eigenvalue weighted by molar-refractivity contribution is 8.14. The molecule has 0 bridgehead atoms. The van der Waals surface area contributed by atoms with Crippen LogP contribution < -0.4 is 0 Å². The SMILES string of the molecule is CC1(C)[C@@H]2C[C@@H](S(=O)(=O)Cl)[C@](C)(O)C[C@@H]21. The second kappa shape index (κ2) is 2.90. The van der Waals surface area contributed by atoms with Gasteiger partial charge in [0.2, 0.25) is 9.05 Å². The van der Waals surface area contributed by atoms with Gasteiger partial charge in [-0.1, -0.05) is 13.8 Å². The van der Waals surface area contributed by atoms with Crippen LogP contribution in [-0.4, -0.2) is 24.4 Å². The van der Waals surface area contributed by atoms with Gasteiger partial charge in [0.1, 0.15) is 5.25 Å². The Labute approximate surface area is 95.2 Å². The third-order valence-corrected chi connectivity index (χ3v) is 6.45. The molecule has 3 nitrogen and oxygen atoms in total. The molecule has 0 saturated heterocycles. The number of rotatable bonds is 1. The van der Waals surface area contributed by atoms with Crippen molar-refractivity contribution in [3.05, 3.63) is 0 Å². The van der Waals surface area contributed by atoms with E-state index in [4.69, 9.17) is 10.7 Å². The molecule has 0 unspecified atom stereocenters. The molecule has 5 heteroatoms. The van der Waals surface area contributed by atoms with Crippen molar-refractivity contribution in [1.82, 2.24) is 0 Å². The summed E-state index contributed by atoms with van der Waals surface area (Å²) in [6.07, 6.45) is 1.04. The van der Waals surface area contributed by atoms with Crippen LogP contribution in [0.1, 0.15) is 33.6 Å². The van der Waals surface area contributed by atoms with Gasteiger partial charge in [0.05, 0.1) is 5.60 Å². The first-order valence-electron chi connectivity index (χ1n) is 5.22. The molecule has 0 radical (unpaired) electrons. The summed E-state index contributed by atoms with van der Waals surface area (Å²) in [5.41, 5.74) is -1.00. The zero-order chi connectivity index (χ0) is 11.6. The third-order valence-electron chi connectivity index (χ3n) is 4.42. The summed E-state index contributed by atoms with van der Waals surface area (Å²) < 4.78 is 22.8. The van der Waals surface area contributed by atoms with E-state index in [0.29, 0.717) is 24.7 Å². The molecule has 15 heavy (non-hydrogen) atoms. The van der Waals surface area contributed by atoms with Gasteiger partial charge in [-0.3, -0.25) is 0 Å². The number of halogens is 1. The molecule has 88 valence electrons. The van der Waals surface area contributed by atoms with Gasteiger partial charge in [-0.15, -0.1) is 0 Å². The highest BCUT2D eigenvalue weighted by atomic mass is 35.7. The fraction of sp³-hybridized carbons (Fsp3) is 1.00. The van der Waals surface area contributed by atoms with E-state index in [1.165, 1.54) is 0 Å². The maximum absolute atomic E-state index is 11.4. The van der Waals surface area contributed by atoms with Crippen molar-refractivity contribution in [2.75, 3.05) is 0 Å². The lowest BCUT2D eigenvalue weighted by molar-refractivity contribution is 0.0223. The van der Waals surface area contributed by atoms with Gasteiger partial charge in [-0.2, -0.15) is 0 Å². The Morgan fingerprint density at radius 2 is 1.80 bits per heavy atom. The highest BCUT2D eigenvalue weighted by Crippen LogP contribution is 2.67. The zero-order valence-corrected chi connectivity index (χ0v) is 10.8. The van der Waals surface area contributed by atoms with Gasteiger partial charge >= 0.3 is 0 Å². The Balaban J connectivity index is 2.29. The summed E-state index contributed by atoms with van der Waals surface area (Å²) >= 11 is 0. The van der Waals surface area contributed by atoms with Crippen molar-refractivity contribution < 1.29 is 13.5 Å². The summed E-state index contributed by atoms with van der Waals surface area (Å²) in [6.45, 7) is 5.84. The number of aliphatic hydroxyl groups is 1. The fourth-order valence-electron chi connectivity index (χ4n) is 3.21. The maximum Gasteiger partial charge on any atom is 0.238 e. The first-order valence-corrected chi connectivity index (χ1v) is 7.60. The number of hydrogen-bond acceptors (Lipinski definition) is 3. The van der Waals surface area contributed by atoms with E-state index in [1.807, 2.05) is 0 Å². The van der Waals surface area contributed by atoms with Gasteiger partial charge < -0.3 is 5.11 Å². The largest absolute Gasteiger partial charge is 0.389 e. The van der Waals surface area contributed by atoms with Crippen molar-refractivity contribution in [2.45, 2.75) is 44.5 Å². The molecule has 2 aliphatic carbocycles. The first-order chi connectivity index (χ1) is 6.57. The van der Waals surface area contributed by atoms with E-state index < -0.39 is 19.9 Å². The minimum Gasteiger partial charge on any atom is -0.389 e. The lowest BCUT2D eigenvalue weighted by Gasteiger charge is -2.34. The van der Waals surface area contributed by atoms with E-state index in [-0.39, 0.29) is 5.41 Å². The molecule has 1 N–H and O–H groups in total. The molecular weight excluding hydrogens is 236 g/mol. The second-order valence-corrected chi connectivity index (χ2v) is 8.61. The quantitative estimate of drug-likeness (QED) is 0.724. The second-order valence-electron chi connectivity index (χ2n) is 5.80. The topological polar surface area (TPSA) is 54.4 Å². The maximum atomic E-state index is 11.4. The van der Waals surface area contributed by atoms with Crippen LogP contribution in [0, 0.1) is 17.3 Å².